The highest BCUT2D eigenvalue weighted by Gasteiger charge is 2.24. The summed E-state index contributed by atoms with van der Waals surface area (Å²) >= 11 is 0. The van der Waals surface area contributed by atoms with E-state index in [1.165, 1.54) is 18.4 Å². The van der Waals surface area contributed by atoms with Crippen LogP contribution in [-0.2, 0) is 0 Å². The van der Waals surface area contributed by atoms with Gasteiger partial charge in [-0.3, -0.25) is 0 Å². The molecule has 1 aromatic rings. The monoisotopic (exact) mass is 200 g/mol. The quantitative estimate of drug-likeness (QED) is 0.584. The minimum atomic E-state index is 0.731. The van der Waals surface area contributed by atoms with Crippen LogP contribution in [0.15, 0.2) is 41.5 Å². The largest absolute Gasteiger partial charge is 0.0741 e. The smallest absolute Gasteiger partial charge is 0.00960 e. The van der Waals surface area contributed by atoms with Crippen LogP contribution < -0.4 is 0 Å². The molecule has 80 valence electrons. The molecule has 0 heteroatoms. The van der Waals surface area contributed by atoms with Crippen molar-refractivity contribution < 1.29 is 0 Å². The SMILES string of the molecule is CC1=C(C)CC(c2ccccc2)C(C)C1. The standard InChI is InChI=1S/C15H20/c1-11-9-13(3)15(10-12(11)2)14-7-5-4-6-8-14/h4-8,13,15H,9-10H2,1-3H3. The van der Waals surface area contributed by atoms with Crippen molar-refractivity contribution in [3.05, 3.63) is 47.0 Å². The summed E-state index contributed by atoms with van der Waals surface area (Å²) in [7, 11) is 0. The summed E-state index contributed by atoms with van der Waals surface area (Å²) in [6.07, 6.45) is 2.52. The summed E-state index contributed by atoms with van der Waals surface area (Å²) in [6.45, 7) is 6.96. The highest BCUT2D eigenvalue weighted by atomic mass is 14.3. The molecule has 15 heavy (non-hydrogen) atoms. The van der Waals surface area contributed by atoms with E-state index in [9.17, 15) is 0 Å². The lowest BCUT2D eigenvalue weighted by Gasteiger charge is -2.31. The van der Waals surface area contributed by atoms with E-state index in [-0.39, 0.29) is 0 Å². The van der Waals surface area contributed by atoms with Gasteiger partial charge in [0.15, 0.2) is 0 Å². The van der Waals surface area contributed by atoms with Crippen LogP contribution in [0.25, 0.3) is 0 Å². The number of benzene rings is 1. The molecule has 1 aliphatic rings. The molecular weight excluding hydrogens is 180 g/mol. The highest BCUT2D eigenvalue weighted by molar-refractivity contribution is 5.27. The van der Waals surface area contributed by atoms with Crippen molar-refractivity contribution in [3.63, 3.8) is 0 Å². The molecule has 2 rings (SSSR count). The molecule has 2 atom stereocenters. The molecule has 0 amide bonds. The van der Waals surface area contributed by atoms with Crippen LogP contribution in [0.3, 0.4) is 0 Å². The van der Waals surface area contributed by atoms with Gasteiger partial charge < -0.3 is 0 Å². The molecule has 0 aliphatic heterocycles. The fraction of sp³-hybridized carbons (Fsp3) is 0.467. The third kappa shape index (κ3) is 2.14. The first kappa shape index (κ1) is 10.5. The maximum Gasteiger partial charge on any atom is -0.00960 e. The van der Waals surface area contributed by atoms with Crippen molar-refractivity contribution in [1.82, 2.24) is 0 Å². The second-order valence-electron chi connectivity index (χ2n) is 4.96. The van der Waals surface area contributed by atoms with Crippen molar-refractivity contribution >= 4 is 0 Å². The lowest BCUT2D eigenvalue weighted by molar-refractivity contribution is 0.424. The minimum absolute atomic E-state index is 0.731. The Hall–Kier alpha value is -1.04. The Balaban J connectivity index is 2.25. The van der Waals surface area contributed by atoms with E-state index >= 15 is 0 Å². The van der Waals surface area contributed by atoms with Gasteiger partial charge in [-0.1, -0.05) is 48.4 Å². The second-order valence-corrected chi connectivity index (χ2v) is 4.96. The minimum Gasteiger partial charge on any atom is -0.0741 e. The van der Waals surface area contributed by atoms with Crippen molar-refractivity contribution in [1.29, 1.82) is 0 Å². The van der Waals surface area contributed by atoms with Crippen LogP contribution in [0.2, 0.25) is 0 Å². The van der Waals surface area contributed by atoms with Crippen molar-refractivity contribution in [2.24, 2.45) is 5.92 Å². The predicted octanol–water partition coefficient (Wildman–Crippen LogP) is 4.54. The van der Waals surface area contributed by atoms with E-state index in [0.29, 0.717) is 0 Å². The zero-order chi connectivity index (χ0) is 10.8. The van der Waals surface area contributed by atoms with Crippen molar-refractivity contribution in [2.75, 3.05) is 0 Å². The zero-order valence-electron chi connectivity index (χ0n) is 9.96. The Kier molecular flexibility index (Phi) is 2.95. The van der Waals surface area contributed by atoms with Gasteiger partial charge >= 0.3 is 0 Å². The molecule has 0 nitrogen and oxygen atoms in total. The molecule has 0 radical (unpaired) electrons. The van der Waals surface area contributed by atoms with Crippen molar-refractivity contribution in [2.45, 2.75) is 39.5 Å². The van der Waals surface area contributed by atoms with E-state index in [0.717, 1.165) is 11.8 Å². The Morgan fingerprint density at radius 2 is 1.53 bits per heavy atom. The average Bonchev–Trinajstić information content (AvgIpc) is 2.25. The first-order valence-corrected chi connectivity index (χ1v) is 5.88. The summed E-state index contributed by atoms with van der Waals surface area (Å²) < 4.78 is 0. The lowest BCUT2D eigenvalue weighted by atomic mass is 9.74. The molecule has 0 saturated heterocycles. The average molecular weight is 200 g/mol. The summed E-state index contributed by atoms with van der Waals surface area (Å²) in [5, 5.41) is 0. The summed E-state index contributed by atoms with van der Waals surface area (Å²) in [6, 6.07) is 11.0. The molecule has 0 fully saturated rings. The van der Waals surface area contributed by atoms with Crippen LogP contribution in [0, 0.1) is 5.92 Å². The van der Waals surface area contributed by atoms with Gasteiger partial charge in [0.2, 0.25) is 0 Å². The molecule has 0 spiro atoms. The molecule has 1 aromatic carbocycles. The molecular formula is C15H20. The van der Waals surface area contributed by atoms with Crippen LogP contribution in [0.5, 0.6) is 0 Å². The number of hydrogen-bond donors (Lipinski definition) is 0. The molecule has 2 unspecified atom stereocenters. The number of rotatable bonds is 1. The van der Waals surface area contributed by atoms with Crippen LogP contribution in [-0.4, -0.2) is 0 Å². The third-order valence-corrected chi connectivity index (χ3v) is 3.80. The van der Waals surface area contributed by atoms with Crippen molar-refractivity contribution in [3.8, 4) is 0 Å². The zero-order valence-corrected chi connectivity index (χ0v) is 9.96. The molecule has 0 N–H and O–H groups in total. The maximum absolute atomic E-state index is 2.38. The topological polar surface area (TPSA) is 0 Å². The van der Waals surface area contributed by atoms with Gasteiger partial charge in [0.05, 0.1) is 0 Å². The summed E-state index contributed by atoms with van der Waals surface area (Å²) in [5.41, 5.74) is 4.72. The molecule has 0 heterocycles. The van der Waals surface area contributed by atoms with E-state index < -0.39 is 0 Å². The number of allylic oxidation sites excluding steroid dienone is 2. The van der Waals surface area contributed by atoms with Crippen LogP contribution in [0.1, 0.15) is 45.1 Å². The van der Waals surface area contributed by atoms with Crippen LogP contribution >= 0.6 is 0 Å². The van der Waals surface area contributed by atoms with Gasteiger partial charge in [-0.15, -0.1) is 0 Å². The Bertz CT molecular complexity index is 359. The lowest BCUT2D eigenvalue weighted by Crippen LogP contribution is -2.16. The molecule has 0 bridgehead atoms. The molecule has 0 saturated carbocycles. The van der Waals surface area contributed by atoms with Gasteiger partial charge in [-0.2, -0.15) is 0 Å². The normalized spacial score (nSPS) is 26.9. The molecule has 1 aliphatic carbocycles. The van der Waals surface area contributed by atoms with E-state index in [1.807, 2.05) is 0 Å². The van der Waals surface area contributed by atoms with Gasteiger partial charge in [0.1, 0.15) is 0 Å². The van der Waals surface area contributed by atoms with Gasteiger partial charge in [0.25, 0.3) is 0 Å². The predicted molar refractivity (Wildman–Crippen MR) is 66.0 cm³/mol. The van der Waals surface area contributed by atoms with Gasteiger partial charge in [0, 0.05) is 0 Å². The van der Waals surface area contributed by atoms with E-state index in [1.54, 1.807) is 11.1 Å². The summed E-state index contributed by atoms with van der Waals surface area (Å²) in [4.78, 5) is 0. The third-order valence-electron chi connectivity index (χ3n) is 3.80. The molecule has 0 aromatic heterocycles. The first-order valence-electron chi connectivity index (χ1n) is 5.88. The van der Waals surface area contributed by atoms with Gasteiger partial charge in [-0.25, -0.2) is 0 Å². The summed E-state index contributed by atoms with van der Waals surface area (Å²) in [5.74, 6) is 1.52. The van der Waals surface area contributed by atoms with E-state index in [2.05, 4.69) is 51.1 Å². The fourth-order valence-electron chi connectivity index (χ4n) is 2.65. The Labute approximate surface area is 93.0 Å². The second kappa shape index (κ2) is 4.22. The number of hydrogen-bond acceptors (Lipinski definition) is 0. The van der Waals surface area contributed by atoms with E-state index in [4.69, 9.17) is 0 Å². The Morgan fingerprint density at radius 3 is 2.20 bits per heavy atom. The van der Waals surface area contributed by atoms with Crippen LogP contribution in [0.4, 0.5) is 0 Å². The first-order chi connectivity index (χ1) is 7.18. The fourth-order valence-corrected chi connectivity index (χ4v) is 2.65. The maximum atomic E-state index is 2.38. The van der Waals surface area contributed by atoms with Gasteiger partial charge in [-0.05, 0) is 44.1 Å². The Morgan fingerprint density at radius 1 is 0.933 bits per heavy atom. The highest BCUT2D eigenvalue weighted by Crippen LogP contribution is 2.39.